The lowest BCUT2D eigenvalue weighted by Crippen LogP contribution is -2.28. The van der Waals surface area contributed by atoms with Crippen LogP contribution in [0.15, 0.2) is 48.5 Å². The van der Waals surface area contributed by atoms with Gasteiger partial charge in [0.1, 0.15) is 5.82 Å². The maximum absolute atomic E-state index is 13.1. The molecule has 7 heteroatoms. The number of anilines is 2. The van der Waals surface area contributed by atoms with Crippen LogP contribution in [0.5, 0.6) is 0 Å². The molecule has 0 saturated carbocycles. The molecule has 6 nitrogen and oxygen atoms in total. The van der Waals surface area contributed by atoms with E-state index in [0.29, 0.717) is 23.5 Å². The molecule has 1 atom stereocenters. The molecular formula is C21H21FN2O4. The van der Waals surface area contributed by atoms with Crippen LogP contribution in [-0.4, -0.2) is 30.9 Å². The number of hydrogen-bond acceptors (Lipinski definition) is 4. The number of nitrogens with one attached hydrogen (secondary N) is 1. The average Bonchev–Trinajstić information content (AvgIpc) is 3.09. The molecule has 0 aliphatic carbocycles. The number of amides is 2. The number of rotatable bonds is 6. The van der Waals surface area contributed by atoms with E-state index >= 15 is 0 Å². The molecule has 0 spiro atoms. The summed E-state index contributed by atoms with van der Waals surface area (Å²) < 4.78 is 18.1. The number of halogens is 1. The third-order valence-electron chi connectivity index (χ3n) is 4.46. The van der Waals surface area contributed by atoms with Gasteiger partial charge in [0.05, 0.1) is 18.1 Å². The van der Waals surface area contributed by atoms with Crippen molar-refractivity contribution in [1.29, 1.82) is 0 Å². The summed E-state index contributed by atoms with van der Waals surface area (Å²) in [7, 11) is 0. The van der Waals surface area contributed by atoms with Crippen LogP contribution < -0.4 is 10.2 Å². The van der Waals surface area contributed by atoms with E-state index < -0.39 is 11.9 Å². The van der Waals surface area contributed by atoms with E-state index in [1.165, 1.54) is 29.2 Å². The zero-order valence-electron chi connectivity index (χ0n) is 15.5. The van der Waals surface area contributed by atoms with Crippen LogP contribution in [-0.2, 0) is 14.3 Å². The van der Waals surface area contributed by atoms with Crippen molar-refractivity contribution in [2.75, 3.05) is 23.4 Å². The number of nitrogens with zero attached hydrogens (tertiary/aromatic N) is 1. The lowest BCUT2D eigenvalue weighted by molar-refractivity contribution is -0.122. The van der Waals surface area contributed by atoms with E-state index in [-0.39, 0.29) is 30.6 Å². The Kier molecular flexibility index (Phi) is 6.03. The van der Waals surface area contributed by atoms with E-state index in [4.69, 9.17) is 4.74 Å². The highest BCUT2D eigenvalue weighted by Crippen LogP contribution is 2.26. The molecule has 2 aromatic carbocycles. The number of carbonyl (C=O) groups excluding carboxylic acids is 3. The van der Waals surface area contributed by atoms with Crippen molar-refractivity contribution < 1.29 is 23.5 Å². The molecule has 1 aliphatic rings. The zero-order chi connectivity index (χ0) is 20.1. The molecule has 0 aromatic heterocycles. The van der Waals surface area contributed by atoms with Crippen LogP contribution in [0.25, 0.3) is 0 Å². The first-order valence-corrected chi connectivity index (χ1v) is 9.12. The van der Waals surface area contributed by atoms with Crippen molar-refractivity contribution in [3.63, 3.8) is 0 Å². The maximum Gasteiger partial charge on any atom is 0.338 e. The van der Waals surface area contributed by atoms with E-state index in [9.17, 15) is 18.8 Å². The van der Waals surface area contributed by atoms with Gasteiger partial charge in [-0.05, 0) is 55.0 Å². The van der Waals surface area contributed by atoms with Crippen molar-refractivity contribution >= 4 is 29.2 Å². The van der Waals surface area contributed by atoms with Crippen molar-refractivity contribution in [3.05, 3.63) is 59.9 Å². The highest BCUT2D eigenvalue weighted by atomic mass is 19.1. The SMILES string of the molecule is CCCOC(=O)c1ccc(NC(=O)C2CC(=O)N(c3ccc(F)cc3)C2)cc1. The van der Waals surface area contributed by atoms with Crippen molar-refractivity contribution in [3.8, 4) is 0 Å². The van der Waals surface area contributed by atoms with Gasteiger partial charge in [-0.15, -0.1) is 0 Å². The number of benzene rings is 2. The lowest BCUT2D eigenvalue weighted by atomic mass is 10.1. The Labute approximate surface area is 162 Å². The van der Waals surface area contributed by atoms with Crippen LogP contribution >= 0.6 is 0 Å². The van der Waals surface area contributed by atoms with Gasteiger partial charge in [-0.2, -0.15) is 0 Å². The highest BCUT2D eigenvalue weighted by molar-refractivity contribution is 6.03. The first-order valence-electron chi connectivity index (χ1n) is 9.12. The number of esters is 1. The molecule has 1 N–H and O–H groups in total. The fourth-order valence-electron chi connectivity index (χ4n) is 2.97. The van der Waals surface area contributed by atoms with Gasteiger partial charge in [-0.25, -0.2) is 9.18 Å². The van der Waals surface area contributed by atoms with Gasteiger partial charge in [0.25, 0.3) is 0 Å². The molecule has 1 heterocycles. The molecule has 28 heavy (non-hydrogen) atoms. The lowest BCUT2D eigenvalue weighted by Gasteiger charge is -2.16. The Bertz CT molecular complexity index is 865. The predicted octanol–water partition coefficient (Wildman–Crippen LogP) is 3.38. The monoisotopic (exact) mass is 384 g/mol. The Balaban J connectivity index is 1.60. The summed E-state index contributed by atoms with van der Waals surface area (Å²) in [5.41, 5.74) is 1.51. The second-order valence-corrected chi connectivity index (χ2v) is 6.58. The largest absolute Gasteiger partial charge is 0.462 e. The van der Waals surface area contributed by atoms with Crippen molar-refractivity contribution in [2.45, 2.75) is 19.8 Å². The Morgan fingerprint density at radius 1 is 1.14 bits per heavy atom. The summed E-state index contributed by atoms with van der Waals surface area (Å²) in [5.74, 6) is -1.76. The molecule has 0 bridgehead atoms. The third-order valence-corrected chi connectivity index (χ3v) is 4.46. The first-order chi connectivity index (χ1) is 13.5. The Morgan fingerprint density at radius 2 is 1.82 bits per heavy atom. The summed E-state index contributed by atoms with van der Waals surface area (Å²) in [6, 6.07) is 12.0. The maximum atomic E-state index is 13.1. The summed E-state index contributed by atoms with van der Waals surface area (Å²) in [5, 5.41) is 2.76. The van der Waals surface area contributed by atoms with E-state index in [1.54, 1.807) is 24.3 Å². The Hall–Kier alpha value is -3.22. The molecule has 1 aliphatic heterocycles. The zero-order valence-corrected chi connectivity index (χ0v) is 15.5. The van der Waals surface area contributed by atoms with Gasteiger partial charge < -0.3 is 15.0 Å². The number of hydrogen-bond donors (Lipinski definition) is 1. The van der Waals surface area contributed by atoms with Gasteiger partial charge in [0, 0.05) is 24.3 Å². The van der Waals surface area contributed by atoms with Gasteiger partial charge in [-0.1, -0.05) is 6.92 Å². The third kappa shape index (κ3) is 4.54. The summed E-state index contributed by atoms with van der Waals surface area (Å²) >= 11 is 0. The molecular weight excluding hydrogens is 363 g/mol. The molecule has 2 amide bonds. The van der Waals surface area contributed by atoms with Crippen LogP contribution in [0.2, 0.25) is 0 Å². The second-order valence-electron chi connectivity index (χ2n) is 6.58. The van der Waals surface area contributed by atoms with E-state index in [2.05, 4.69) is 5.32 Å². The van der Waals surface area contributed by atoms with Crippen LogP contribution in [0.1, 0.15) is 30.1 Å². The van der Waals surface area contributed by atoms with Crippen molar-refractivity contribution in [1.82, 2.24) is 0 Å². The van der Waals surface area contributed by atoms with E-state index in [0.717, 1.165) is 6.42 Å². The molecule has 1 fully saturated rings. The minimum Gasteiger partial charge on any atom is -0.462 e. The molecule has 1 saturated heterocycles. The van der Waals surface area contributed by atoms with Crippen LogP contribution in [0.4, 0.5) is 15.8 Å². The molecule has 1 unspecified atom stereocenters. The van der Waals surface area contributed by atoms with E-state index in [1.807, 2.05) is 6.92 Å². The second kappa shape index (κ2) is 8.65. The van der Waals surface area contributed by atoms with Gasteiger partial charge in [0.2, 0.25) is 11.8 Å². The fraction of sp³-hybridized carbons (Fsp3) is 0.286. The summed E-state index contributed by atoms with van der Waals surface area (Å²) in [6.07, 6.45) is 0.833. The first kappa shape index (κ1) is 19.5. The number of carbonyl (C=O) groups is 3. The van der Waals surface area contributed by atoms with Crippen LogP contribution in [0, 0.1) is 11.7 Å². The Morgan fingerprint density at radius 3 is 2.46 bits per heavy atom. The van der Waals surface area contributed by atoms with Crippen LogP contribution in [0.3, 0.4) is 0 Å². The van der Waals surface area contributed by atoms with Crippen molar-refractivity contribution in [2.24, 2.45) is 5.92 Å². The quantitative estimate of drug-likeness (QED) is 0.775. The average molecular weight is 384 g/mol. The normalized spacial score (nSPS) is 16.1. The predicted molar refractivity (Wildman–Crippen MR) is 103 cm³/mol. The molecule has 3 rings (SSSR count). The summed E-state index contributed by atoms with van der Waals surface area (Å²) in [6.45, 7) is 2.51. The smallest absolute Gasteiger partial charge is 0.338 e. The van der Waals surface area contributed by atoms with Gasteiger partial charge >= 0.3 is 5.97 Å². The molecule has 146 valence electrons. The minimum absolute atomic E-state index is 0.0879. The fourth-order valence-corrected chi connectivity index (χ4v) is 2.97. The topological polar surface area (TPSA) is 75.7 Å². The highest BCUT2D eigenvalue weighted by Gasteiger charge is 2.35. The molecule has 2 aromatic rings. The summed E-state index contributed by atoms with van der Waals surface area (Å²) in [4.78, 5) is 38.0. The van der Waals surface area contributed by atoms with Gasteiger partial charge in [-0.3, -0.25) is 9.59 Å². The van der Waals surface area contributed by atoms with Gasteiger partial charge in [0.15, 0.2) is 0 Å². The minimum atomic E-state index is -0.508. The number of ether oxygens (including phenoxy) is 1. The standard InChI is InChI=1S/C21H21FN2O4/c1-2-11-28-21(27)14-3-7-17(8-4-14)23-20(26)15-12-19(25)24(13-15)18-9-5-16(22)6-10-18/h3-10,15H,2,11-13H2,1H3,(H,23,26). The molecule has 0 radical (unpaired) electrons.